The zero-order valence-electron chi connectivity index (χ0n) is 7.91. The van der Waals surface area contributed by atoms with E-state index < -0.39 is 11.6 Å². The molecule has 1 aliphatic heterocycles. The van der Waals surface area contributed by atoms with E-state index in [9.17, 15) is 9.59 Å². The van der Waals surface area contributed by atoms with Crippen molar-refractivity contribution in [2.45, 2.75) is 18.4 Å². The Labute approximate surface area is 85.9 Å². The largest absolute Gasteiger partial charge is 0.322 e. The summed E-state index contributed by atoms with van der Waals surface area (Å²) in [7, 11) is 0. The standard InChI is InChI=1S/C10H9N3O2/c14-8-10(13-9(15)12-8)4-3-7-6(10)2-1-5-11-7/h1-2,5H,3-4H2,(H2,12,13,14,15)/t10-/m0/s1. The van der Waals surface area contributed by atoms with Crippen LogP contribution in [0.2, 0.25) is 0 Å². The Morgan fingerprint density at radius 2 is 2.27 bits per heavy atom. The predicted molar refractivity (Wildman–Crippen MR) is 50.9 cm³/mol. The van der Waals surface area contributed by atoms with Crippen molar-refractivity contribution in [3.63, 3.8) is 0 Å². The van der Waals surface area contributed by atoms with Crippen molar-refractivity contribution in [2.75, 3.05) is 0 Å². The molecule has 1 fully saturated rings. The highest BCUT2D eigenvalue weighted by atomic mass is 16.2. The van der Waals surface area contributed by atoms with Gasteiger partial charge in [0.1, 0.15) is 5.54 Å². The molecule has 76 valence electrons. The fraction of sp³-hybridized carbons (Fsp3) is 0.300. The van der Waals surface area contributed by atoms with Crippen LogP contribution >= 0.6 is 0 Å². The number of hydrogen-bond donors (Lipinski definition) is 2. The van der Waals surface area contributed by atoms with Crippen LogP contribution in [0.25, 0.3) is 0 Å². The minimum Gasteiger partial charge on any atom is -0.319 e. The van der Waals surface area contributed by atoms with Gasteiger partial charge in [-0.05, 0) is 18.9 Å². The van der Waals surface area contributed by atoms with Gasteiger partial charge in [-0.2, -0.15) is 0 Å². The normalized spacial score (nSPS) is 27.7. The summed E-state index contributed by atoms with van der Waals surface area (Å²) in [6.07, 6.45) is 3.02. The molecule has 5 heteroatoms. The fourth-order valence-electron chi connectivity index (χ4n) is 2.32. The van der Waals surface area contributed by atoms with Crippen molar-refractivity contribution < 1.29 is 9.59 Å². The summed E-state index contributed by atoms with van der Waals surface area (Å²) in [6, 6.07) is 3.21. The van der Waals surface area contributed by atoms with Gasteiger partial charge in [-0.15, -0.1) is 0 Å². The first kappa shape index (κ1) is 8.40. The number of fused-ring (bicyclic) bond motifs is 2. The zero-order valence-corrected chi connectivity index (χ0v) is 7.91. The highest BCUT2D eigenvalue weighted by Gasteiger charge is 2.51. The second-order valence-electron chi connectivity index (χ2n) is 3.81. The lowest BCUT2D eigenvalue weighted by molar-refractivity contribution is -0.124. The summed E-state index contributed by atoms with van der Waals surface area (Å²) in [5.41, 5.74) is 0.865. The van der Waals surface area contributed by atoms with E-state index in [0.717, 1.165) is 17.7 Å². The van der Waals surface area contributed by atoms with Crippen LogP contribution in [0.4, 0.5) is 4.79 Å². The van der Waals surface area contributed by atoms with Crippen LogP contribution in [-0.2, 0) is 16.8 Å². The summed E-state index contributed by atoms with van der Waals surface area (Å²) < 4.78 is 0. The third kappa shape index (κ3) is 0.945. The van der Waals surface area contributed by atoms with Gasteiger partial charge in [0.05, 0.1) is 0 Å². The topological polar surface area (TPSA) is 71.1 Å². The second-order valence-corrected chi connectivity index (χ2v) is 3.81. The average Bonchev–Trinajstić information content (AvgIpc) is 2.72. The first-order valence-corrected chi connectivity index (χ1v) is 4.80. The minimum atomic E-state index is -0.860. The number of amides is 3. The van der Waals surface area contributed by atoms with Crippen molar-refractivity contribution in [1.29, 1.82) is 0 Å². The van der Waals surface area contributed by atoms with Crippen molar-refractivity contribution >= 4 is 11.9 Å². The highest BCUT2D eigenvalue weighted by Crippen LogP contribution is 2.37. The van der Waals surface area contributed by atoms with E-state index in [1.165, 1.54) is 0 Å². The van der Waals surface area contributed by atoms with Crippen LogP contribution in [-0.4, -0.2) is 16.9 Å². The van der Waals surface area contributed by atoms with E-state index in [4.69, 9.17) is 0 Å². The van der Waals surface area contributed by atoms with Gasteiger partial charge < -0.3 is 5.32 Å². The molecule has 1 saturated heterocycles. The fourth-order valence-corrected chi connectivity index (χ4v) is 2.32. The van der Waals surface area contributed by atoms with Crippen LogP contribution in [0.15, 0.2) is 18.3 Å². The number of urea groups is 1. The monoisotopic (exact) mass is 203 g/mol. The van der Waals surface area contributed by atoms with Crippen LogP contribution in [0.1, 0.15) is 17.7 Å². The number of aryl methyl sites for hydroxylation is 1. The Kier molecular flexibility index (Phi) is 1.44. The molecule has 2 N–H and O–H groups in total. The smallest absolute Gasteiger partial charge is 0.319 e. The minimum absolute atomic E-state index is 0.265. The summed E-state index contributed by atoms with van der Waals surface area (Å²) in [5.74, 6) is -0.265. The Morgan fingerprint density at radius 3 is 3.00 bits per heavy atom. The molecule has 0 radical (unpaired) electrons. The molecule has 2 heterocycles. The number of nitrogens with zero attached hydrogens (tertiary/aromatic N) is 1. The molecule has 1 spiro atoms. The van der Waals surface area contributed by atoms with E-state index in [-0.39, 0.29) is 5.91 Å². The van der Waals surface area contributed by atoms with E-state index >= 15 is 0 Å². The molecule has 3 amide bonds. The second kappa shape index (κ2) is 2.56. The van der Waals surface area contributed by atoms with Crippen molar-refractivity contribution in [3.8, 4) is 0 Å². The molecule has 0 saturated carbocycles. The van der Waals surface area contributed by atoms with Gasteiger partial charge in [0, 0.05) is 17.5 Å². The number of aromatic nitrogens is 1. The van der Waals surface area contributed by atoms with Gasteiger partial charge in [-0.25, -0.2) is 4.79 Å². The van der Waals surface area contributed by atoms with Gasteiger partial charge in [-0.1, -0.05) is 6.07 Å². The molecule has 1 aliphatic carbocycles. The Morgan fingerprint density at radius 1 is 1.40 bits per heavy atom. The van der Waals surface area contributed by atoms with Gasteiger partial charge >= 0.3 is 6.03 Å². The zero-order chi connectivity index (χ0) is 10.5. The van der Waals surface area contributed by atoms with Gasteiger partial charge in [-0.3, -0.25) is 15.1 Å². The number of nitrogens with one attached hydrogen (secondary N) is 2. The van der Waals surface area contributed by atoms with E-state index in [1.807, 2.05) is 6.07 Å². The molecular formula is C10H9N3O2. The third-order valence-electron chi connectivity index (χ3n) is 3.03. The molecule has 15 heavy (non-hydrogen) atoms. The molecule has 3 rings (SSSR count). The highest BCUT2D eigenvalue weighted by molar-refractivity contribution is 6.07. The molecular weight excluding hydrogens is 194 g/mol. The predicted octanol–water partition coefficient (Wildman–Crippen LogP) is 0.0625. The molecule has 1 atom stereocenters. The number of hydrogen-bond acceptors (Lipinski definition) is 3. The summed E-state index contributed by atoms with van der Waals surface area (Å²) >= 11 is 0. The maximum absolute atomic E-state index is 11.7. The maximum atomic E-state index is 11.7. The number of imide groups is 1. The summed E-state index contributed by atoms with van der Waals surface area (Å²) in [5, 5.41) is 4.97. The third-order valence-corrected chi connectivity index (χ3v) is 3.03. The van der Waals surface area contributed by atoms with Crippen LogP contribution in [0.5, 0.6) is 0 Å². The molecule has 0 aromatic carbocycles. The quantitative estimate of drug-likeness (QED) is 0.586. The van der Waals surface area contributed by atoms with Gasteiger partial charge in [0.2, 0.25) is 0 Å². The van der Waals surface area contributed by atoms with Gasteiger partial charge in [0.15, 0.2) is 0 Å². The SMILES string of the molecule is O=C1NC(=O)[C@@]2(CCc3ncccc32)N1. The van der Waals surface area contributed by atoms with E-state index in [2.05, 4.69) is 15.6 Å². The number of pyridine rings is 1. The summed E-state index contributed by atoms with van der Waals surface area (Å²) in [4.78, 5) is 27.1. The lowest BCUT2D eigenvalue weighted by Crippen LogP contribution is -2.41. The van der Waals surface area contributed by atoms with Crippen LogP contribution in [0.3, 0.4) is 0 Å². The van der Waals surface area contributed by atoms with Gasteiger partial charge in [0.25, 0.3) is 5.91 Å². The Bertz CT molecular complexity index is 471. The molecule has 1 aromatic heterocycles. The number of carbonyl (C=O) groups is 2. The van der Waals surface area contributed by atoms with Crippen molar-refractivity contribution in [3.05, 3.63) is 29.6 Å². The Hall–Kier alpha value is -1.91. The number of carbonyl (C=O) groups excluding carboxylic acids is 2. The first-order valence-electron chi connectivity index (χ1n) is 4.80. The van der Waals surface area contributed by atoms with Crippen LogP contribution in [0, 0.1) is 0 Å². The lowest BCUT2D eigenvalue weighted by Gasteiger charge is -2.20. The molecule has 2 aliphatic rings. The Balaban J connectivity index is 2.17. The van der Waals surface area contributed by atoms with Crippen molar-refractivity contribution in [1.82, 2.24) is 15.6 Å². The number of rotatable bonds is 0. The lowest BCUT2D eigenvalue weighted by atomic mass is 9.93. The molecule has 1 aromatic rings. The molecule has 0 unspecified atom stereocenters. The van der Waals surface area contributed by atoms with Crippen molar-refractivity contribution in [2.24, 2.45) is 0 Å². The van der Waals surface area contributed by atoms with Crippen LogP contribution < -0.4 is 10.6 Å². The maximum Gasteiger partial charge on any atom is 0.322 e. The molecule has 5 nitrogen and oxygen atoms in total. The summed E-state index contributed by atoms with van der Waals surface area (Å²) in [6.45, 7) is 0. The first-order chi connectivity index (χ1) is 7.22. The van der Waals surface area contributed by atoms with E-state index in [0.29, 0.717) is 6.42 Å². The van der Waals surface area contributed by atoms with E-state index in [1.54, 1.807) is 12.3 Å². The average molecular weight is 203 g/mol. The molecule has 0 bridgehead atoms.